The first kappa shape index (κ1) is 15.4. The van der Waals surface area contributed by atoms with Gasteiger partial charge in [-0.25, -0.2) is 12.8 Å². The lowest BCUT2D eigenvalue weighted by Crippen LogP contribution is -2.16. The molecule has 1 amide bonds. The minimum absolute atomic E-state index is 0.158. The number of aryl methyl sites for hydroxylation is 1. The second kappa shape index (κ2) is 5.79. The minimum Gasteiger partial charge on any atom is -0.318 e. The largest absolute Gasteiger partial charge is 0.318 e. The van der Waals surface area contributed by atoms with Gasteiger partial charge >= 0.3 is 0 Å². The minimum atomic E-state index is -4.02. The van der Waals surface area contributed by atoms with Crippen LogP contribution in [0.5, 0.6) is 0 Å². The van der Waals surface area contributed by atoms with Crippen LogP contribution in [0.15, 0.2) is 41.4 Å². The average molecular weight is 329 g/mol. The van der Waals surface area contributed by atoms with E-state index in [0.29, 0.717) is 5.56 Å². The van der Waals surface area contributed by atoms with Crippen LogP contribution in [0.4, 0.5) is 10.1 Å². The van der Waals surface area contributed by atoms with Crippen molar-refractivity contribution in [1.82, 2.24) is 4.98 Å². The molecule has 110 valence electrons. The summed E-state index contributed by atoms with van der Waals surface area (Å²) >= 11 is 0. The molecule has 0 bridgehead atoms. The van der Waals surface area contributed by atoms with Crippen molar-refractivity contribution < 1.29 is 17.6 Å². The summed E-state index contributed by atoms with van der Waals surface area (Å²) in [5.74, 6) is -1.49. The van der Waals surface area contributed by atoms with Crippen molar-refractivity contribution in [2.45, 2.75) is 11.8 Å². The molecule has 1 aromatic heterocycles. The summed E-state index contributed by atoms with van der Waals surface area (Å²) in [7, 11) is 1.09. The number of carbonyl (C=O) groups excluding carboxylic acids is 1. The van der Waals surface area contributed by atoms with Crippen LogP contribution in [0.3, 0.4) is 0 Å². The maximum Gasteiger partial charge on any atom is 0.274 e. The van der Waals surface area contributed by atoms with Crippen LogP contribution in [-0.2, 0) is 9.05 Å². The molecule has 2 rings (SSSR count). The Kier molecular flexibility index (Phi) is 4.24. The molecule has 0 saturated carbocycles. The van der Waals surface area contributed by atoms with Crippen molar-refractivity contribution in [3.8, 4) is 0 Å². The van der Waals surface area contributed by atoms with Gasteiger partial charge in [0.25, 0.3) is 15.0 Å². The predicted molar refractivity (Wildman–Crippen MR) is 76.4 cm³/mol. The predicted octanol–water partition coefficient (Wildman–Crippen LogP) is 2.71. The Hall–Kier alpha value is -1.99. The fraction of sp³-hybridized carbons (Fsp3) is 0.0769. The van der Waals surface area contributed by atoms with E-state index in [1.807, 2.05) is 0 Å². The molecule has 0 aliphatic rings. The molecule has 2 aromatic rings. The van der Waals surface area contributed by atoms with Crippen LogP contribution in [0, 0.1) is 12.7 Å². The van der Waals surface area contributed by atoms with E-state index in [1.54, 1.807) is 19.1 Å². The lowest BCUT2D eigenvalue weighted by Gasteiger charge is -2.08. The number of amides is 1. The number of rotatable bonds is 3. The normalized spacial score (nSPS) is 11.2. The molecule has 0 unspecified atom stereocenters. The summed E-state index contributed by atoms with van der Waals surface area (Å²) in [4.78, 5) is 15.5. The number of pyridine rings is 1. The van der Waals surface area contributed by atoms with E-state index in [1.165, 1.54) is 6.20 Å². The molecule has 0 aliphatic heterocycles. The topological polar surface area (TPSA) is 76.1 Å². The highest BCUT2D eigenvalue weighted by atomic mass is 35.7. The van der Waals surface area contributed by atoms with Crippen LogP contribution < -0.4 is 5.32 Å². The van der Waals surface area contributed by atoms with Crippen LogP contribution in [0.1, 0.15) is 16.1 Å². The second-order valence-electron chi connectivity index (χ2n) is 4.20. The standard InChI is InChI=1S/C13H10ClFN2O3S/c1-8-3-2-6-16-12(8)13(18)17-11-5-4-9(7-10(11)15)21(14,19)20/h2-7H,1H3,(H,17,18). The molecule has 1 heterocycles. The molecule has 0 atom stereocenters. The second-order valence-corrected chi connectivity index (χ2v) is 6.77. The molecule has 0 aliphatic carbocycles. The van der Waals surface area contributed by atoms with Crippen molar-refractivity contribution in [2.24, 2.45) is 0 Å². The van der Waals surface area contributed by atoms with Gasteiger partial charge in [0.05, 0.1) is 10.6 Å². The summed E-state index contributed by atoms with van der Waals surface area (Å²) in [6, 6.07) is 6.34. The van der Waals surface area contributed by atoms with Crippen molar-refractivity contribution in [3.05, 3.63) is 53.6 Å². The van der Waals surface area contributed by atoms with E-state index in [4.69, 9.17) is 10.7 Å². The maximum atomic E-state index is 13.8. The van der Waals surface area contributed by atoms with Crippen LogP contribution in [0.2, 0.25) is 0 Å². The van der Waals surface area contributed by atoms with E-state index in [2.05, 4.69) is 10.3 Å². The van der Waals surface area contributed by atoms with E-state index < -0.39 is 20.8 Å². The first-order valence-corrected chi connectivity index (χ1v) is 8.07. The lowest BCUT2D eigenvalue weighted by molar-refractivity contribution is 0.102. The van der Waals surface area contributed by atoms with Gasteiger partial charge < -0.3 is 5.32 Å². The summed E-state index contributed by atoms with van der Waals surface area (Å²) < 4.78 is 36.0. The fourth-order valence-electron chi connectivity index (χ4n) is 1.65. The van der Waals surface area contributed by atoms with Crippen molar-refractivity contribution in [3.63, 3.8) is 0 Å². The number of anilines is 1. The highest BCUT2D eigenvalue weighted by Crippen LogP contribution is 2.22. The van der Waals surface area contributed by atoms with Gasteiger partial charge in [0.2, 0.25) is 0 Å². The first-order valence-electron chi connectivity index (χ1n) is 5.76. The van der Waals surface area contributed by atoms with Crippen molar-refractivity contribution in [1.29, 1.82) is 0 Å². The highest BCUT2D eigenvalue weighted by Gasteiger charge is 2.16. The summed E-state index contributed by atoms with van der Waals surface area (Å²) in [5, 5.41) is 2.33. The Morgan fingerprint density at radius 2 is 2.05 bits per heavy atom. The summed E-state index contributed by atoms with van der Waals surface area (Å²) in [5.41, 5.74) is 0.635. The number of halogens is 2. The number of aromatic nitrogens is 1. The Morgan fingerprint density at radius 3 is 2.62 bits per heavy atom. The molecule has 0 fully saturated rings. The Labute approximate surface area is 125 Å². The molecule has 1 aromatic carbocycles. The zero-order valence-electron chi connectivity index (χ0n) is 10.8. The number of hydrogen-bond acceptors (Lipinski definition) is 4. The van der Waals surface area contributed by atoms with Crippen molar-refractivity contribution in [2.75, 3.05) is 5.32 Å². The summed E-state index contributed by atoms with van der Waals surface area (Å²) in [6.07, 6.45) is 1.45. The first-order chi connectivity index (χ1) is 9.79. The number of benzene rings is 1. The Morgan fingerprint density at radius 1 is 1.33 bits per heavy atom. The number of nitrogens with zero attached hydrogens (tertiary/aromatic N) is 1. The van der Waals surface area contributed by atoms with Gasteiger partial charge in [-0.1, -0.05) is 6.07 Å². The van der Waals surface area contributed by atoms with Crippen LogP contribution in [-0.4, -0.2) is 19.3 Å². The molecule has 5 nitrogen and oxygen atoms in total. The van der Waals surface area contributed by atoms with E-state index in [9.17, 15) is 17.6 Å². The zero-order valence-corrected chi connectivity index (χ0v) is 12.4. The lowest BCUT2D eigenvalue weighted by atomic mass is 10.2. The van der Waals surface area contributed by atoms with Gasteiger partial charge in [-0.05, 0) is 36.8 Å². The Balaban J connectivity index is 2.29. The van der Waals surface area contributed by atoms with Gasteiger partial charge in [0.1, 0.15) is 11.5 Å². The maximum absolute atomic E-state index is 13.8. The molecule has 8 heteroatoms. The van der Waals surface area contributed by atoms with Crippen molar-refractivity contribution >= 4 is 31.3 Å². The van der Waals surface area contributed by atoms with E-state index in [0.717, 1.165) is 18.2 Å². The highest BCUT2D eigenvalue weighted by molar-refractivity contribution is 8.13. The number of carbonyl (C=O) groups is 1. The van der Waals surface area contributed by atoms with Gasteiger partial charge in [-0.15, -0.1) is 0 Å². The fourth-order valence-corrected chi connectivity index (χ4v) is 2.42. The third kappa shape index (κ3) is 3.56. The average Bonchev–Trinajstić information content (AvgIpc) is 2.40. The molecule has 21 heavy (non-hydrogen) atoms. The number of nitrogens with one attached hydrogen (secondary N) is 1. The van der Waals surface area contributed by atoms with Gasteiger partial charge in [-0.3, -0.25) is 9.78 Å². The molecule has 0 radical (unpaired) electrons. The van der Waals surface area contributed by atoms with Crippen LogP contribution in [0.25, 0.3) is 0 Å². The van der Waals surface area contributed by atoms with Gasteiger partial charge in [0.15, 0.2) is 0 Å². The monoisotopic (exact) mass is 328 g/mol. The quantitative estimate of drug-likeness (QED) is 0.879. The number of hydrogen-bond donors (Lipinski definition) is 1. The van der Waals surface area contributed by atoms with Gasteiger partial charge in [0, 0.05) is 16.9 Å². The van der Waals surface area contributed by atoms with Gasteiger partial charge in [-0.2, -0.15) is 0 Å². The molecular weight excluding hydrogens is 319 g/mol. The summed E-state index contributed by atoms with van der Waals surface area (Å²) in [6.45, 7) is 1.70. The van der Waals surface area contributed by atoms with E-state index in [-0.39, 0.29) is 16.3 Å². The molecule has 0 spiro atoms. The van der Waals surface area contributed by atoms with E-state index >= 15 is 0 Å². The molecule has 0 saturated heterocycles. The molecule has 1 N–H and O–H groups in total. The Bertz CT molecular complexity index is 809. The smallest absolute Gasteiger partial charge is 0.274 e. The third-order valence-electron chi connectivity index (χ3n) is 2.69. The molecular formula is C13H10ClFN2O3S. The SMILES string of the molecule is Cc1cccnc1C(=O)Nc1ccc(S(=O)(=O)Cl)cc1F. The third-order valence-corrected chi connectivity index (χ3v) is 4.05. The van der Waals surface area contributed by atoms with Crippen LogP contribution >= 0.6 is 10.7 Å². The zero-order chi connectivity index (χ0) is 15.6.